The van der Waals surface area contributed by atoms with Gasteiger partial charge in [-0.2, -0.15) is 0 Å². The van der Waals surface area contributed by atoms with E-state index in [1.54, 1.807) is 60.7 Å². The monoisotopic (exact) mass is 518 g/mol. The number of carbonyl (C=O) groups is 3. The fourth-order valence-corrected chi connectivity index (χ4v) is 3.50. The second-order valence-corrected chi connectivity index (χ2v) is 8.28. The molecule has 0 heterocycles. The Balaban J connectivity index is 1.82. The molecule has 6 nitrogen and oxygen atoms in total. The molecule has 0 radical (unpaired) electrons. The van der Waals surface area contributed by atoms with E-state index in [0.717, 1.165) is 11.1 Å². The van der Waals surface area contributed by atoms with E-state index >= 15 is 0 Å². The number of benzene rings is 3. The highest BCUT2D eigenvalue weighted by atomic mass is 79.9. The van der Waals surface area contributed by atoms with Crippen LogP contribution in [0.15, 0.2) is 107 Å². The molecule has 0 fully saturated rings. The summed E-state index contributed by atoms with van der Waals surface area (Å²) in [5.41, 5.74) is 1.95. The number of rotatable bonds is 9. The minimum absolute atomic E-state index is 0.0727. The van der Waals surface area contributed by atoms with E-state index < -0.39 is 23.8 Å². The molecule has 3 N–H and O–H groups in total. The van der Waals surface area contributed by atoms with Crippen molar-refractivity contribution >= 4 is 39.8 Å². The second kappa shape index (κ2) is 12.3. The third-order valence-corrected chi connectivity index (χ3v) is 5.31. The Morgan fingerprint density at radius 3 is 2.24 bits per heavy atom. The molecular formula is C27H23BrN2O4. The van der Waals surface area contributed by atoms with Gasteiger partial charge >= 0.3 is 5.97 Å². The van der Waals surface area contributed by atoms with Crippen LogP contribution in [0.3, 0.4) is 0 Å². The Hall–Kier alpha value is -3.97. The molecule has 0 spiro atoms. The van der Waals surface area contributed by atoms with Gasteiger partial charge in [0.25, 0.3) is 11.8 Å². The van der Waals surface area contributed by atoms with Gasteiger partial charge in [-0.25, -0.2) is 4.79 Å². The molecule has 0 aromatic heterocycles. The Kier molecular flexibility index (Phi) is 8.94. The van der Waals surface area contributed by atoms with Crippen molar-refractivity contribution in [1.82, 2.24) is 10.6 Å². The Bertz CT molecular complexity index is 1210. The maximum atomic E-state index is 13.0. The van der Waals surface area contributed by atoms with Gasteiger partial charge in [0.2, 0.25) is 0 Å². The summed E-state index contributed by atoms with van der Waals surface area (Å²) < 4.78 is 0.716. The molecule has 3 aromatic rings. The van der Waals surface area contributed by atoms with Crippen LogP contribution in [0.2, 0.25) is 0 Å². The summed E-state index contributed by atoms with van der Waals surface area (Å²) in [6, 6.07) is 24.0. The first kappa shape index (κ1) is 24.7. The lowest BCUT2D eigenvalue weighted by molar-refractivity contribution is -0.141. The summed E-state index contributed by atoms with van der Waals surface area (Å²) >= 11 is 3.32. The maximum Gasteiger partial charge on any atom is 0.326 e. The number of aliphatic carboxylic acids is 1. The molecule has 1 atom stereocenters. The average Bonchev–Trinajstić information content (AvgIpc) is 2.84. The zero-order chi connectivity index (χ0) is 24.3. The lowest BCUT2D eigenvalue weighted by atomic mass is 10.1. The van der Waals surface area contributed by atoms with Gasteiger partial charge in [0.1, 0.15) is 11.7 Å². The van der Waals surface area contributed by atoms with Gasteiger partial charge in [0.05, 0.1) is 0 Å². The van der Waals surface area contributed by atoms with Gasteiger partial charge in [-0.05, 0) is 35.4 Å². The highest BCUT2D eigenvalue weighted by Gasteiger charge is 2.23. The number of allylic oxidation sites excluding steroid dienone is 2. The van der Waals surface area contributed by atoms with Gasteiger partial charge in [-0.1, -0.05) is 94.8 Å². The van der Waals surface area contributed by atoms with Crippen molar-refractivity contribution in [2.45, 2.75) is 12.5 Å². The summed E-state index contributed by atoms with van der Waals surface area (Å²) in [6.07, 6.45) is 4.95. The van der Waals surface area contributed by atoms with E-state index in [0.29, 0.717) is 10.0 Å². The first-order valence-corrected chi connectivity index (χ1v) is 11.3. The number of carboxylic acid groups (broad SMARTS) is 1. The topological polar surface area (TPSA) is 95.5 Å². The molecular weight excluding hydrogens is 496 g/mol. The lowest BCUT2D eigenvalue weighted by Crippen LogP contribution is -2.45. The Morgan fingerprint density at radius 1 is 0.912 bits per heavy atom. The van der Waals surface area contributed by atoms with Crippen molar-refractivity contribution in [2.75, 3.05) is 0 Å². The fraction of sp³-hybridized carbons (Fsp3) is 0.0741. The quantitative estimate of drug-likeness (QED) is 0.285. The summed E-state index contributed by atoms with van der Waals surface area (Å²) in [5, 5.41) is 14.8. The van der Waals surface area contributed by atoms with Gasteiger partial charge in [0, 0.05) is 16.5 Å². The normalized spacial score (nSPS) is 12.2. The average molecular weight is 519 g/mol. The lowest BCUT2D eigenvalue weighted by Gasteiger charge is -2.16. The molecule has 3 aromatic carbocycles. The minimum Gasteiger partial charge on any atom is -0.480 e. The zero-order valence-corrected chi connectivity index (χ0v) is 19.7. The van der Waals surface area contributed by atoms with Crippen LogP contribution in [0.1, 0.15) is 21.5 Å². The fourth-order valence-electron chi connectivity index (χ4n) is 3.10. The van der Waals surface area contributed by atoms with Crippen LogP contribution in [-0.4, -0.2) is 28.9 Å². The highest BCUT2D eigenvalue weighted by Crippen LogP contribution is 2.12. The number of nitrogens with one attached hydrogen (secondary N) is 2. The Labute approximate surface area is 206 Å². The van der Waals surface area contributed by atoms with Gasteiger partial charge in [-0.3, -0.25) is 9.59 Å². The smallest absolute Gasteiger partial charge is 0.326 e. The van der Waals surface area contributed by atoms with Crippen LogP contribution in [0.25, 0.3) is 6.08 Å². The standard InChI is InChI=1S/C27H23BrN2O4/c28-22-15-8-14-21(18-22)25(31)29-23(16-7-13-19-9-3-1-4-10-19)26(32)30-24(27(33)34)17-20-11-5-2-6-12-20/h1-16,18,24H,17H2,(H,29,31)(H,30,32)(H,33,34)/b13-7+,23-16+/t24-/m0/s1. The number of amides is 2. The van der Waals surface area contributed by atoms with E-state index in [9.17, 15) is 19.5 Å². The number of hydrogen-bond acceptors (Lipinski definition) is 3. The molecule has 3 rings (SSSR count). The van der Waals surface area contributed by atoms with Crippen LogP contribution in [0.5, 0.6) is 0 Å². The zero-order valence-electron chi connectivity index (χ0n) is 18.1. The molecule has 0 aliphatic heterocycles. The molecule has 0 aliphatic carbocycles. The second-order valence-electron chi connectivity index (χ2n) is 7.37. The summed E-state index contributed by atoms with van der Waals surface area (Å²) in [4.78, 5) is 37.6. The van der Waals surface area contributed by atoms with E-state index in [4.69, 9.17) is 0 Å². The predicted molar refractivity (Wildman–Crippen MR) is 135 cm³/mol. The van der Waals surface area contributed by atoms with E-state index in [2.05, 4.69) is 26.6 Å². The first-order chi connectivity index (χ1) is 16.4. The van der Waals surface area contributed by atoms with Crippen LogP contribution < -0.4 is 10.6 Å². The maximum absolute atomic E-state index is 13.0. The third kappa shape index (κ3) is 7.56. The molecule has 34 heavy (non-hydrogen) atoms. The highest BCUT2D eigenvalue weighted by molar-refractivity contribution is 9.10. The van der Waals surface area contributed by atoms with Crippen molar-refractivity contribution < 1.29 is 19.5 Å². The van der Waals surface area contributed by atoms with Crippen LogP contribution in [-0.2, 0) is 16.0 Å². The van der Waals surface area contributed by atoms with Crippen molar-refractivity contribution in [1.29, 1.82) is 0 Å². The largest absolute Gasteiger partial charge is 0.480 e. The first-order valence-electron chi connectivity index (χ1n) is 10.5. The molecule has 0 bridgehead atoms. The molecule has 0 aliphatic rings. The number of halogens is 1. The predicted octanol–water partition coefficient (Wildman–Crippen LogP) is 4.59. The molecule has 0 saturated carbocycles. The molecule has 0 unspecified atom stereocenters. The van der Waals surface area contributed by atoms with E-state index in [1.165, 1.54) is 6.08 Å². The minimum atomic E-state index is -1.17. The van der Waals surface area contributed by atoms with Crippen LogP contribution >= 0.6 is 15.9 Å². The van der Waals surface area contributed by atoms with E-state index in [1.807, 2.05) is 36.4 Å². The van der Waals surface area contributed by atoms with Crippen molar-refractivity contribution in [2.24, 2.45) is 0 Å². The van der Waals surface area contributed by atoms with Gasteiger partial charge in [0.15, 0.2) is 0 Å². The van der Waals surface area contributed by atoms with Gasteiger partial charge < -0.3 is 15.7 Å². The SMILES string of the molecule is O=C(N[C@@H](Cc1ccccc1)C(=O)O)/C(=C\C=C\c1ccccc1)NC(=O)c1cccc(Br)c1. The molecule has 172 valence electrons. The van der Waals surface area contributed by atoms with Gasteiger partial charge in [-0.15, -0.1) is 0 Å². The number of carbonyl (C=O) groups excluding carboxylic acids is 2. The molecule has 0 saturated heterocycles. The molecule has 7 heteroatoms. The molecule has 2 amide bonds. The van der Waals surface area contributed by atoms with Crippen molar-refractivity contribution in [3.05, 3.63) is 124 Å². The number of carboxylic acids is 1. The van der Waals surface area contributed by atoms with Crippen molar-refractivity contribution in [3.63, 3.8) is 0 Å². The number of hydrogen-bond donors (Lipinski definition) is 3. The van der Waals surface area contributed by atoms with Crippen LogP contribution in [0, 0.1) is 0 Å². The van der Waals surface area contributed by atoms with Crippen molar-refractivity contribution in [3.8, 4) is 0 Å². The summed E-state index contributed by atoms with van der Waals surface area (Å²) in [7, 11) is 0. The summed E-state index contributed by atoms with van der Waals surface area (Å²) in [5.74, 6) is -2.37. The third-order valence-electron chi connectivity index (χ3n) is 4.82. The van der Waals surface area contributed by atoms with Crippen LogP contribution in [0.4, 0.5) is 0 Å². The summed E-state index contributed by atoms with van der Waals surface area (Å²) in [6.45, 7) is 0. The van der Waals surface area contributed by atoms with E-state index in [-0.39, 0.29) is 12.1 Å². The Morgan fingerprint density at radius 2 is 1.59 bits per heavy atom.